The molecule has 5 aromatic rings. The van der Waals surface area contributed by atoms with Gasteiger partial charge in [-0.25, -0.2) is 70.2 Å². The third kappa shape index (κ3) is 5.81. The summed E-state index contributed by atoms with van der Waals surface area (Å²) in [4.78, 5) is 0. The van der Waals surface area contributed by atoms with Crippen LogP contribution in [0.15, 0.2) is 66.7 Å². The van der Waals surface area contributed by atoms with E-state index in [-0.39, 0.29) is 0 Å². The smallest absolute Gasteiger partial charge is 0.191 e. The van der Waals surface area contributed by atoms with Crippen molar-refractivity contribution < 1.29 is 70.2 Å². The fourth-order valence-electron chi connectivity index (χ4n) is 5.22. The van der Waals surface area contributed by atoms with E-state index in [1.54, 1.807) is 0 Å². The van der Waals surface area contributed by atoms with E-state index in [1.165, 1.54) is 0 Å². The van der Waals surface area contributed by atoms with Gasteiger partial charge in [-0.05, 0) is 0 Å². The largest absolute Gasteiger partial charge is 0.210 e. The zero-order valence-corrected chi connectivity index (χ0v) is 23.0. The first-order chi connectivity index (χ1) is 22.5. The van der Waals surface area contributed by atoms with Crippen LogP contribution in [-0.4, -0.2) is 6.15 Å². The van der Waals surface area contributed by atoms with E-state index in [4.69, 9.17) is 0 Å². The molecule has 0 aliphatic heterocycles. The Labute approximate surface area is 258 Å². The fourth-order valence-corrected chi connectivity index (χ4v) is 5.22. The summed E-state index contributed by atoms with van der Waals surface area (Å²) < 4.78 is 235. The van der Waals surface area contributed by atoms with E-state index in [9.17, 15) is 35.1 Å². The van der Waals surface area contributed by atoms with E-state index < -0.39 is 145 Å². The second kappa shape index (κ2) is 13.6. The first-order valence-corrected chi connectivity index (χ1v) is 12.8. The van der Waals surface area contributed by atoms with Gasteiger partial charge < -0.3 is 0 Å². The van der Waals surface area contributed by atoms with Crippen LogP contribution in [0.25, 0.3) is 0 Å². The predicted molar refractivity (Wildman–Crippen MR) is 140 cm³/mol. The Morgan fingerprint density at radius 3 is 0.750 bits per heavy atom. The summed E-state index contributed by atoms with van der Waals surface area (Å²) in [5, 5.41) is 0. The summed E-state index contributed by atoms with van der Waals surface area (Å²) in [5.74, 6) is -45.1. The van der Waals surface area contributed by atoms with E-state index >= 15 is 35.1 Å². The molecule has 48 heavy (non-hydrogen) atoms. The highest BCUT2D eigenvalue weighted by atomic mass is 19.2. The molecular formula is C31H11BF16. The van der Waals surface area contributed by atoms with Gasteiger partial charge in [0.1, 0.15) is 29.4 Å². The quantitative estimate of drug-likeness (QED) is 0.0610. The van der Waals surface area contributed by atoms with Crippen LogP contribution in [0.3, 0.4) is 0 Å². The van der Waals surface area contributed by atoms with E-state index in [1.807, 2.05) is 42.5 Å². The van der Waals surface area contributed by atoms with Gasteiger partial charge in [0.25, 0.3) is 0 Å². The number of hydrogen-bond donors (Lipinski definition) is 0. The van der Waals surface area contributed by atoms with Crippen LogP contribution in [0.1, 0.15) is 0 Å². The third-order valence-electron chi connectivity index (χ3n) is 7.11. The summed E-state index contributed by atoms with van der Waals surface area (Å²) in [6, 6.07) is 11.1. The number of benzene rings is 4. The topological polar surface area (TPSA) is 0 Å². The van der Waals surface area contributed by atoms with Crippen molar-refractivity contribution in [2.75, 3.05) is 0 Å². The first kappa shape index (κ1) is 35.8. The zero-order valence-electron chi connectivity index (χ0n) is 23.0. The molecule has 0 spiro atoms. The maximum atomic E-state index is 15.3. The van der Waals surface area contributed by atoms with Crippen molar-refractivity contribution in [2.45, 2.75) is 0 Å². The summed E-state index contributed by atoms with van der Waals surface area (Å²) in [6.45, 7) is 0. The average molecular weight is 698 g/mol. The van der Waals surface area contributed by atoms with Crippen LogP contribution >= 0.6 is 0 Å². The number of hydrogen-bond acceptors (Lipinski definition) is 0. The fraction of sp³-hybridized carbons (Fsp3) is 0. The molecule has 0 nitrogen and oxygen atoms in total. The van der Waals surface area contributed by atoms with Crippen molar-refractivity contribution in [3.8, 4) is 0 Å². The molecule has 0 aliphatic carbocycles. The van der Waals surface area contributed by atoms with Gasteiger partial charge in [0.2, 0.25) is 0 Å². The maximum Gasteiger partial charge on any atom is 0.191 e. The van der Waals surface area contributed by atoms with Gasteiger partial charge in [0.05, 0.1) is 23.3 Å². The van der Waals surface area contributed by atoms with E-state index in [0.29, 0.717) is 0 Å². The van der Waals surface area contributed by atoms with Crippen molar-refractivity contribution in [3.63, 3.8) is 0 Å². The van der Waals surface area contributed by atoms with Gasteiger partial charge >= 0.3 is 0 Å². The van der Waals surface area contributed by atoms with Crippen LogP contribution in [0, 0.1) is 93.1 Å². The Morgan fingerprint density at radius 1 is 0.292 bits per heavy atom. The third-order valence-corrected chi connectivity index (χ3v) is 7.11. The van der Waals surface area contributed by atoms with Crippen molar-refractivity contribution in [2.24, 2.45) is 0 Å². The molecule has 17 heteroatoms. The lowest BCUT2D eigenvalue weighted by Crippen LogP contribution is -2.80. The van der Waals surface area contributed by atoms with Gasteiger partial charge in [-0.2, -0.15) is 0 Å². The van der Waals surface area contributed by atoms with Gasteiger partial charge in [0.15, 0.2) is 46.5 Å². The first-order valence-electron chi connectivity index (χ1n) is 12.8. The molecule has 0 unspecified atom stereocenters. The molecule has 0 saturated heterocycles. The Morgan fingerprint density at radius 2 is 0.521 bits per heavy atom. The van der Waals surface area contributed by atoms with E-state index in [2.05, 4.69) is 0 Å². The molecule has 0 atom stereocenters. The highest BCUT2D eigenvalue weighted by Gasteiger charge is 2.49. The van der Waals surface area contributed by atoms with Crippen molar-refractivity contribution >= 4 is 28.0 Å². The molecule has 0 fully saturated rings. The molecule has 0 bridgehead atoms. The normalized spacial score (nSPS) is 11.3. The Hall–Kier alpha value is -5.09. The van der Waals surface area contributed by atoms with Gasteiger partial charge in [-0.1, -0.05) is 0 Å². The number of rotatable bonds is 4. The number of halogens is 16. The molecule has 0 aromatic heterocycles. The summed E-state index contributed by atoms with van der Waals surface area (Å²) in [5.41, 5.74) is -10.9. The molecule has 5 aromatic carbocycles. The molecule has 0 aliphatic rings. The SMILES string of the molecule is Fc1cc(F)c([B-](c2c(F)cc(F)c(F)c2F)(c2c(F)cc(F)c(F)c2F)c2c(F)cc(F)c(F)c2F)c(F)c1F.c1ccc[cH+]cc1. The second-order valence-corrected chi connectivity index (χ2v) is 9.74. The Balaban J connectivity index is 0.000000659. The van der Waals surface area contributed by atoms with Gasteiger partial charge in [0, 0.05) is 66.7 Å². The van der Waals surface area contributed by atoms with E-state index in [0.717, 1.165) is 0 Å². The lowest BCUT2D eigenvalue weighted by Gasteiger charge is -2.44. The molecule has 0 N–H and O–H groups in total. The van der Waals surface area contributed by atoms with Crippen LogP contribution in [0.5, 0.6) is 0 Å². The monoisotopic (exact) mass is 698 g/mol. The molecule has 0 radical (unpaired) electrons. The van der Waals surface area contributed by atoms with Crippen LogP contribution in [0.4, 0.5) is 70.2 Å². The lowest BCUT2D eigenvalue weighted by molar-refractivity contribution is 0.434. The molecular weight excluding hydrogens is 687 g/mol. The standard InChI is InChI=1S/C24H4BF16.C7H7/c26-5-1-9(30)17(34)21(38)13(5)25(14-6(27)2-10(31)18(35)22(14)39,15-7(28)3-11(32)19(36)23(15)40)16-8(29)4-12(33)20(37)24(16)41;1-2-4-6-7-5-3-1/h1-4H;1-7H/q-1;+1. The predicted octanol–water partition coefficient (Wildman–Crippen LogP) is 7.26. The second-order valence-electron chi connectivity index (χ2n) is 9.74. The maximum absolute atomic E-state index is 15.3. The zero-order chi connectivity index (χ0) is 35.8. The summed E-state index contributed by atoms with van der Waals surface area (Å²) in [6.07, 6.45) is -6.18. The Kier molecular flexibility index (Phi) is 10.1. The van der Waals surface area contributed by atoms with Gasteiger partial charge in [-0.3, -0.25) is 0 Å². The molecule has 0 heterocycles. The highest BCUT2D eigenvalue weighted by molar-refractivity contribution is 7.20. The lowest BCUT2D eigenvalue weighted by atomic mass is 9.12. The van der Waals surface area contributed by atoms with Crippen LogP contribution in [0.2, 0.25) is 0 Å². The van der Waals surface area contributed by atoms with Crippen molar-refractivity contribution in [3.05, 3.63) is 160 Å². The summed E-state index contributed by atoms with van der Waals surface area (Å²) in [7, 11) is 0. The minimum atomic E-state index is -6.18. The van der Waals surface area contributed by atoms with Crippen molar-refractivity contribution in [1.82, 2.24) is 0 Å². The molecule has 0 saturated carbocycles. The Bertz CT molecular complexity index is 1760. The van der Waals surface area contributed by atoms with Crippen LogP contribution in [-0.2, 0) is 0 Å². The van der Waals surface area contributed by atoms with Crippen LogP contribution < -0.4 is 21.9 Å². The minimum absolute atomic E-state index is 0.731. The summed E-state index contributed by atoms with van der Waals surface area (Å²) >= 11 is 0. The van der Waals surface area contributed by atoms with Gasteiger partial charge in [-0.15, -0.1) is 21.9 Å². The highest BCUT2D eigenvalue weighted by Crippen LogP contribution is 2.27. The molecule has 0 amide bonds. The molecule has 250 valence electrons. The molecule has 5 rings (SSSR count). The van der Waals surface area contributed by atoms with Crippen molar-refractivity contribution in [1.29, 1.82) is 0 Å². The minimum Gasteiger partial charge on any atom is -0.210 e. The average Bonchev–Trinajstić information content (AvgIpc) is 3.34.